The fraction of sp³-hybridized carbons (Fsp3) is 0.562. The first-order valence-electron chi connectivity index (χ1n) is 7.19. The molecule has 0 saturated carbocycles. The highest BCUT2D eigenvalue weighted by molar-refractivity contribution is 5.65. The molecule has 1 aliphatic rings. The van der Waals surface area contributed by atoms with Crippen molar-refractivity contribution >= 4 is 6.09 Å². The third-order valence-corrected chi connectivity index (χ3v) is 3.58. The normalized spacial score (nSPS) is 16.8. The van der Waals surface area contributed by atoms with Crippen LogP contribution in [0.3, 0.4) is 0 Å². The molecular weight excluding hydrogens is 270 g/mol. The maximum atomic E-state index is 11.0. The lowest BCUT2D eigenvalue weighted by molar-refractivity contribution is 0.0990. The van der Waals surface area contributed by atoms with E-state index < -0.39 is 18.2 Å². The van der Waals surface area contributed by atoms with Crippen LogP contribution < -0.4 is 10.1 Å². The maximum absolute atomic E-state index is 11.0. The van der Waals surface area contributed by atoms with Crippen LogP contribution in [0.2, 0.25) is 0 Å². The molecule has 2 rings (SSSR count). The van der Waals surface area contributed by atoms with E-state index in [1.165, 1.54) is 0 Å². The number of aliphatic hydroxyl groups is 1. The number of carboxylic acid groups (broad SMARTS) is 1. The van der Waals surface area contributed by atoms with E-state index in [0.29, 0.717) is 18.6 Å². The van der Waals surface area contributed by atoms with Gasteiger partial charge in [-0.1, -0.05) is 32.9 Å². The molecule has 3 N–H and O–H groups in total. The zero-order valence-electron chi connectivity index (χ0n) is 12.7. The quantitative estimate of drug-likeness (QED) is 0.797. The predicted molar refractivity (Wildman–Crippen MR) is 79.6 cm³/mol. The van der Waals surface area contributed by atoms with Gasteiger partial charge in [0.25, 0.3) is 0 Å². The van der Waals surface area contributed by atoms with Gasteiger partial charge in [0.2, 0.25) is 0 Å². The minimum Gasteiger partial charge on any atom is -0.493 e. The van der Waals surface area contributed by atoms with Gasteiger partial charge in [-0.25, -0.2) is 4.79 Å². The molecule has 0 aromatic heterocycles. The van der Waals surface area contributed by atoms with Crippen molar-refractivity contribution in [3.8, 4) is 5.75 Å². The van der Waals surface area contributed by atoms with Crippen LogP contribution in [0.1, 0.15) is 44.4 Å². The summed E-state index contributed by atoms with van der Waals surface area (Å²) in [5, 5.41) is 22.0. The van der Waals surface area contributed by atoms with Gasteiger partial charge in [0.05, 0.1) is 18.8 Å². The summed E-state index contributed by atoms with van der Waals surface area (Å²) in [5.74, 6) is 0.788. The van der Waals surface area contributed by atoms with E-state index >= 15 is 0 Å². The first-order chi connectivity index (χ1) is 9.76. The molecule has 0 bridgehead atoms. The molecule has 2 atom stereocenters. The third-order valence-electron chi connectivity index (χ3n) is 3.58. The Morgan fingerprint density at radius 3 is 2.76 bits per heavy atom. The number of nitrogens with one attached hydrogen (secondary N) is 1. The van der Waals surface area contributed by atoms with Gasteiger partial charge in [-0.15, -0.1) is 0 Å². The molecule has 1 aliphatic heterocycles. The highest BCUT2D eigenvalue weighted by atomic mass is 16.5. The van der Waals surface area contributed by atoms with E-state index in [0.717, 1.165) is 17.7 Å². The van der Waals surface area contributed by atoms with Crippen LogP contribution in [0, 0.1) is 5.41 Å². The Morgan fingerprint density at radius 1 is 1.43 bits per heavy atom. The molecule has 0 spiro atoms. The number of hydrogen-bond acceptors (Lipinski definition) is 3. The second kappa shape index (κ2) is 5.93. The highest BCUT2D eigenvalue weighted by Gasteiger charge is 2.28. The molecule has 0 fully saturated rings. The number of fused-ring (bicyclic) bond motifs is 1. The molecule has 5 heteroatoms. The molecule has 1 amide bonds. The van der Waals surface area contributed by atoms with E-state index in [1.807, 2.05) is 39.0 Å². The number of ether oxygens (including phenoxy) is 1. The van der Waals surface area contributed by atoms with Crippen molar-refractivity contribution in [2.75, 3.05) is 6.61 Å². The Morgan fingerprint density at radius 2 is 2.14 bits per heavy atom. The van der Waals surface area contributed by atoms with Crippen LogP contribution in [0.4, 0.5) is 4.79 Å². The third kappa shape index (κ3) is 4.11. The van der Waals surface area contributed by atoms with Crippen LogP contribution in [-0.2, 0) is 6.42 Å². The van der Waals surface area contributed by atoms with Crippen molar-refractivity contribution in [1.82, 2.24) is 5.32 Å². The zero-order chi connectivity index (χ0) is 15.6. The Hall–Kier alpha value is -1.75. The largest absolute Gasteiger partial charge is 0.493 e. The van der Waals surface area contributed by atoms with Crippen LogP contribution in [0.15, 0.2) is 18.2 Å². The lowest BCUT2D eigenvalue weighted by Gasteiger charge is -2.29. The molecule has 116 valence electrons. The van der Waals surface area contributed by atoms with E-state index in [1.54, 1.807) is 0 Å². The lowest BCUT2D eigenvalue weighted by atomic mass is 9.84. The van der Waals surface area contributed by atoms with Crippen molar-refractivity contribution in [2.45, 2.75) is 45.8 Å². The summed E-state index contributed by atoms with van der Waals surface area (Å²) in [4.78, 5) is 11.0. The Kier molecular flexibility index (Phi) is 4.42. The Balaban J connectivity index is 2.20. The van der Waals surface area contributed by atoms with Crippen LogP contribution >= 0.6 is 0 Å². The number of rotatable bonds is 4. The molecule has 0 radical (unpaired) electrons. The second-order valence-corrected chi connectivity index (χ2v) is 6.73. The van der Waals surface area contributed by atoms with E-state index in [-0.39, 0.29) is 5.41 Å². The van der Waals surface area contributed by atoms with Gasteiger partial charge in [0, 0.05) is 6.42 Å². The summed E-state index contributed by atoms with van der Waals surface area (Å²) in [6, 6.07) is 5.04. The minimum absolute atomic E-state index is 0.0959. The average Bonchev–Trinajstić information content (AvgIpc) is 2.81. The first-order valence-corrected chi connectivity index (χ1v) is 7.19. The fourth-order valence-corrected chi connectivity index (χ4v) is 2.66. The van der Waals surface area contributed by atoms with Crippen LogP contribution in [0.25, 0.3) is 0 Å². The topological polar surface area (TPSA) is 78.8 Å². The summed E-state index contributed by atoms with van der Waals surface area (Å²) >= 11 is 0. The molecule has 1 aromatic carbocycles. The molecule has 0 saturated heterocycles. The summed E-state index contributed by atoms with van der Waals surface area (Å²) < 4.78 is 5.50. The summed E-state index contributed by atoms with van der Waals surface area (Å²) in [6.07, 6.45) is -0.598. The molecule has 0 aliphatic carbocycles. The molecule has 0 unspecified atom stereocenters. The maximum Gasteiger partial charge on any atom is 0.404 e. The standard InChI is InChI=1S/C16H23NO4/c1-16(2,3)9-12(17-15(19)20)14(18)11-5-4-10-6-7-21-13(10)8-11/h4-5,8,12,14,17-18H,6-7,9H2,1-3H3,(H,19,20)/t12-,14+/m1/s1. The molecule has 5 nitrogen and oxygen atoms in total. The fourth-order valence-electron chi connectivity index (χ4n) is 2.66. The minimum atomic E-state index is -1.12. The lowest BCUT2D eigenvalue weighted by Crippen LogP contribution is -2.41. The van der Waals surface area contributed by atoms with Crippen molar-refractivity contribution < 1.29 is 19.7 Å². The highest BCUT2D eigenvalue weighted by Crippen LogP contribution is 2.32. The van der Waals surface area contributed by atoms with Gasteiger partial charge in [-0.2, -0.15) is 0 Å². The van der Waals surface area contributed by atoms with E-state index in [9.17, 15) is 9.90 Å². The van der Waals surface area contributed by atoms with Gasteiger partial charge in [0.15, 0.2) is 0 Å². The number of amides is 1. The smallest absolute Gasteiger partial charge is 0.404 e. The van der Waals surface area contributed by atoms with Gasteiger partial charge in [-0.05, 0) is 29.0 Å². The van der Waals surface area contributed by atoms with Gasteiger partial charge in [-0.3, -0.25) is 0 Å². The Bertz CT molecular complexity index is 521. The van der Waals surface area contributed by atoms with Gasteiger partial charge < -0.3 is 20.3 Å². The molecule has 1 aromatic rings. The molecule has 1 heterocycles. The number of benzene rings is 1. The average molecular weight is 293 g/mol. The van der Waals surface area contributed by atoms with Crippen molar-refractivity contribution in [3.05, 3.63) is 29.3 Å². The first kappa shape index (κ1) is 15.6. The summed E-state index contributed by atoms with van der Waals surface area (Å²) in [6.45, 7) is 6.71. The van der Waals surface area contributed by atoms with Gasteiger partial charge in [0.1, 0.15) is 5.75 Å². The number of hydrogen-bond donors (Lipinski definition) is 3. The summed E-state index contributed by atoms with van der Waals surface area (Å²) in [5.41, 5.74) is 1.71. The monoisotopic (exact) mass is 293 g/mol. The Labute approximate surface area is 124 Å². The van der Waals surface area contributed by atoms with Gasteiger partial charge >= 0.3 is 6.09 Å². The SMILES string of the molecule is CC(C)(C)C[C@@H](NC(=O)O)[C@@H](O)c1ccc2c(c1)OCC2. The van der Waals surface area contributed by atoms with E-state index in [4.69, 9.17) is 9.84 Å². The number of carbonyl (C=O) groups is 1. The second-order valence-electron chi connectivity index (χ2n) is 6.73. The van der Waals surface area contributed by atoms with Crippen molar-refractivity contribution in [2.24, 2.45) is 5.41 Å². The van der Waals surface area contributed by atoms with Crippen LogP contribution in [-0.4, -0.2) is 29.0 Å². The predicted octanol–water partition coefficient (Wildman–Crippen LogP) is 2.73. The van der Waals surface area contributed by atoms with Crippen LogP contribution in [0.5, 0.6) is 5.75 Å². The van der Waals surface area contributed by atoms with Crippen molar-refractivity contribution in [3.63, 3.8) is 0 Å². The van der Waals surface area contributed by atoms with Crippen molar-refractivity contribution in [1.29, 1.82) is 0 Å². The summed E-state index contributed by atoms with van der Waals surface area (Å²) in [7, 11) is 0. The zero-order valence-corrected chi connectivity index (χ0v) is 12.7. The molecule has 21 heavy (non-hydrogen) atoms. The number of aliphatic hydroxyl groups excluding tert-OH is 1. The van der Waals surface area contributed by atoms with E-state index in [2.05, 4.69) is 5.32 Å². The molecular formula is C16H23NO4.